The molecule has 1 atom stereocenters. The van der Waals surface area contributed by atoms with Crippen LogP contribution in [-0.4, -0.2) is 0 Å². The molecule has 0 heteroatoms. The number of hydrogen-bond donors (Lipinski definition) is 0. The fraction of sp³-hybridized carbons (Fsp3) is 0.0938. The number of benzene rings is 10. The first-order valence-corrected chi connectivity index (χ1v) is 23.0. The zero-order valence-corrected chi connectivity index (χ0v) is 36.1. The maximum absolute atomic E-state index is 2.67. The van der Waals surface area contributed by atoms with Gasteiger partial charge in [0.05, 0.1) is 10.8 Å². The predicted molar refractivity (Wildman–Crippen MR) is 269 cm³/mol. The predicted octanol–water partition coefficient (Wildman–Crippen LogP) is 16.2. The summed E-state index contributed by atoms with van der Waals surface area (Å²) in [5.41, 5.74) is 18.9. The van der Waals surface area contributed by atoms with Crippen LogP contribution in [0.2, 0.25) is 0 Å². The van der Waals surface area contributed by atoms with Crippen molar-refractivity contribution in [3.8, 4) is 11.1 Å². The van der Waals surface area contributed by atoms with E-state index in [9.17, 15) is 0 Å². The maximum atomic E-state index is 2.67. The van der Waals surface area contributed by atoms with Crippen LogP contribution in [-0.2, 0) is 10.8 Å². The smallest absolute Gasteiger partial charge is 0.0719 e. The van der Waals surface area contributed by atoms with Gasteiger partial charge in [-0.15, -0.1) is 0 Å². The lowest BCUT2D eigenvalue weighted by molar-refractivity contribution is 0.760. The first-order chi connectivity index (χ1) is 31.7. The second kappa shape index (κ2) is 14.0. The highest BCUT2D eigenvalue weighted by atomic mass is 14.6. The topological polar surface area (TPSA) is 0 Å². The molecule has 0 N–H and O–H groups in total. The number of fused-ring (bicyclic) bond motifs is 8. The summed E-state index contributed by atoms with van der Waals surface area (Å²) in [6.07, 6.45) is 7.89. The lowest BCUT2D eigenvalue weighted by atomic mass is 9.62. The first-order valence-electron chi connectivity index (χ1n) is 23.0. The highest BCUT2D eigenvalue weighted by molar-refractivity contribution is 6.27. The molecule has 0 fully saturated rings. The SMILES string of the molecule is C/C=C\C=C1\C2=C(c3ccccc3C1CC)C(c1ccccc1)(c1ccccc1)c1cc3c(cc12)C(c1ccccc1)(c1ccccc1)c1cc2ccc4cccc5ccc(c1-3)c2c45. The van der Waals surface area contributed by atoms with E-state index < -0.39 is 10.8 Å². The normalized spacial score (nSPS) is 17.3. The average molecular weight is 815 g/mol. The van der Waals surface area contributed by atoms with Crippen molar-refractivity contribution in [2.45, 2.75) is 37.0 Å². The van der Waals surface area contributed by atoms with Crippen LogP contribution in [0.25, 0.3) is 54.6 Å². The Morgan fingerprint density at radius 3 is 1.59 bits per heavy atom. The summed E-state index contributed by atoms with van der Waals surface area (Å²) in [5, 5.41) is 7.87. The van der Waals surface area contributed by atoms with E-state index in [0.29, 0.717) is 0 Å². The molecular formula is C64H46. The summed E-state index contributed by atoms with van der Waals surface area (Å²) in [6.45, 7) is 4.50. The van der Waals surface area contributed by atoms with Gasteiger partial charge < -0.3 is 0 Å². The van der Waals surface area contributed by atoms with Gasteiger partial charge in [-0.2, -0.15) is 0 Å². The van der Waals surface area contributed by atoms with E-state index in [2.05, 4.69) is 238 Å². The largest absolute Gasteiger partial charge is 0.0877 e. The van der Waals surface area contributed by atoms with Crippen LogP contribution in [0.3, 0.4) is 0 Å². The Labute approximate surface area is 375 Å². The summed E-state index contributed by atoms with van der Waals surface area (Å²) in [7, 11) is 0. The van der Waals surface area contributed by atoms with E-state index in [1.165, 1.54) is 116 Å². The van der Waals surface area contributed by atoms with Crippen molar-refractivity contribution < 1.29 is 0 Å². The Morgan fingerprint density at radius 2 is 0.984 bits per heavy atom. The molecule has 64 heavy (non-hydrogen) atoms. The summed E-state index contributed by atoms with van der Waals surface area (Å²) in [5.74, 6) is 0.238. The van der Waals surface area contributed by atoms with Crippen molar-refractivity contribution >= 4 is 43.5 Å². The Bertz CT molecular complexity index is 3470. The monoisotopic (exact) mass is 814 g/mol. The fourth-order valence-electron chi connectivity index (χ4n) is 12.8. The number of hydrogen-bond acceptors (Lipinski definition) is 0. The molecular weight excluding hydrogens is 769 g/mol. The van der Waals surface area contributed by atoms with Gasteiger partial charge in [-0.25, -0.2) is 0 Å². The quantitative estimate of drug-likeness (QED) is 0.147. The molecule has 0 heterocycles. The van der Waals surface area contributed by atoms with E-state index in [0.717, 1.165) is 6.42 Å². The molecule has 10 aromatic rings. The maximum Gasteiger partial charge on any atom is 0.0719 e. The molecule has 0 nitrogen and oxygen atoms in total. The first kappa shape index (κ1) is 37.1. The zero-order chi connectivity index (χ0) is 42.6. The van der Waals surface area contributed by atoms with Crippen molar-refractivity contribution in [3.05, 3.63) is 286 Å². The highest BCUT2D eigenvalue weighted by Crippen LogP contribution is 2.67. The third kappa shape index (κ3) is 4.73. The zero-order valence-electron chi connectivity index (χ0n) is 36.1. The Hall–Kier alpha value is -7.54. The molecule has 302 valence electrons. The van der Waals surface area contributed by atoms with Crippen molar-refractivity contribution in [3.63, 3.8) is 0 Å². The van der Waals surface area contributed by atoms with Gasteiger partial charge >= 0.3 is 0 Å². The van der Waals surface area contributed by atoms with Gasteiger partial charge in [0.2, 0.25) is 0 Å². The molecule has 0 amide bonds. The van der Waals surface area contributed by atoms with Crippen molar-refractivity contribution in [2.24, 2.45) is 0 Å². The van der Waals surface area contributed by atoms with Gasteiger partial charge in [0.15, 0.2) is 0 Å². The van der Waals surface area contributed by atoms with Crippen LogP contribution in [0.1, 0.15) is 81.8 Å². The van der Waals surface area contributed by atoms with Gasteiger partial charge in [-0.3, -0.25) is 0 Å². The molecule has 0 saturated carbocycles. The second-order valence-corrected chi connectivity index (χ2v) is 18.0. The van der Waals surface area contributed by atoms with Gasteiger partial charge in [0.1, 0.15) is 0 Å². The second-order valence-electron chi connectivity index (χ2n) is 18.0. The number of rotatable bonds is 6. The summed E-state index contributed by atoms with van der Waals surface area (Å²) >= 11 is 0. The molecule has 0 aliphatic heterocycles. The summed E-state index contributed by atoms with van der Waals surface area (Å²) in [6, 6.07) is 79.0. The van der Waals surface area contributed by atoms with Crippen LogP contribution in [0.4, 0.5) is 0 Å². The third-order valence-electron chi connectivity index (χ3n) is 15.2. The van der Waals surface area contributed by atoms with Crippen LogP contribution in [0.15, 0.2) is 230 Å². The van der Waals surface area contributed by atoms with E-state index in [-0.39, 0.29) is 5.92 Å². The van der Waals surface area contributed by atoms with E-state index in [1.54, 1.807) is 0 Å². The summed E-state index contributed by atoms with van der Waals surface area (Å²) in [4.78, 5) is 0. The summed E-state index contributed by atoms with van der Waals surface area (Å²) < 4.78 is 0. The molecule has 0 bridgehead atoms. The fourth-order valence-corrected chi connectivity index (χ4v) is 12.8. The van der Waals surface area contributed by atoms with E-state index in [1.807, 2.05) is 0 Å². The molecule has 1 unspecified atom stereocenters. The molecule has 3 aliphatic rings. The molecule has 0 spiro atoms. The average Bonchev–Trinajstić information content (AvgIpc) is 3.83. The van der Waals surface area contributed by atoms with Crippen molar-refractivity contribution in [1.29, 1.82) is 0 Å². The van der Waals surface area contributed by atoms with E-state index in [4.69, 9.17) is 0 Å². The van der Waals surface area contributed by atoms with Crippen LogP contribution < -0.4 is 0 Å². The van der Waals surface area contributed by atoms with E-state index >= 15 is 0 Å². The molecule has 13 rings (SSSR count). The Balaban J connectivity index is 1.28. The highest BCUT2D eigenvalue weighted by Gasteiger charge is 2.55. The third-order valence-corrected chi connectivity index (χ3v) is 15.2. The Morgan fingerprint density at radius 1 is 0.453 bits per heavy atom. The minimum Gasteiger partial charge on any atom is -0.0877 e. The van der Waals surface area contributed by atoms with Crippen LogP contribution >= 0.6 is 0 Å². The molecule has 3 aliphatic carbocycles. The van der Waals surface area contributed by atoms with Gasteiger partial charge in [0.25, 0.3) is 0 Å². The lowest BCUT2D eigenvalue weighted by Gasteiger charge is -2.39. The molecule has 0 aromatic heterocycles. The molecule has 10 aromatic carbocycles. The van der Waals surface area contributed by atoms with Crippen LogP contribution in [0, 0.1) is 0 Å². The Kier molecular flexibility index (Phi) is 8.10. The van der Waals surface area contributed by atoms with Gasteiger partial charge in [0, 0.05) is 5.92 Å². The molecule has 0 radical (unpaired) electrons. The minimum absolute atomic E-state index is 0.238. The minimum atomic E-state index is -0.610. The van der Waals surface area contributed by atoms with Crippen molar-refractivity contribution in [1.82, 2.24) is 0 Å². The van der Waals surface area contributed by atoms with Crippen LogP contribution in [0.5, 0.6) is 0 Å². The molecule has 0 saturated heterocycles. The standard InChI is InChI=1S/C64H46/c1-3-5-31-50-48(4-2)49-32-18-19-33-51(49)62-61(50)54-40-55-53(39-56(54)64(62,46-27-14-8-15-28-46)47-29-16-9-17-30-47)60-52-37-36-42-22-20-21-41-34-35-43(59(52)58(41)42)38-57(60)63(55,44-23-10-6-11-24-44)45-25-12-7-13-26-45/h3,5-40,48H,4H2,1-2H3/b5-3-,50-31+. The van der Waals surface area contributed by atoms with Gasteiger partial charge in [-0.1, -0.05) is 213 Å². The lowest BCUT2D eigenvalue weighted by Crippen LogP contribution is -2.31. The van der Waals surface area contributed by atoms with Crippen molar-refractivity contribution in [2.75, 3.05) is 0 Å². The van der Waals surface area contributed by atoms with Gasteiger partial charge in [-0.05, 0) is 147 Å². The number of allylic oxidation sites excluding steroid dienone is 6.